The molecule has 5 aromatic rings. The number of nitrogens with zero attached hydrogens (tertiary/aromatic N) is 4. The summed E-state index contributed by atoms with van der Waals surface area (Å²) in [5, 5.41) is 14.1. The largest absolute Gasteiger partial charge is 0.356 e. The third kappa shape index (κ3) is 4.53. The highest BCUT2D eigenvalue weighted by atomic mass is 35.5. The summed E-state index contributed by atoms with van der Waals surface area (Å²) < 4.78 is 1.73. The standard InChI is InChI=1S/C24H17Cl2N5S/c25-18-8-6-16(7-9-18)22-23(17-4-2-1-3-5-17)32-24(28-22)27-14-20-15-31(30-29-20)21-12-10-19(26)11-13-21/h1-13,15H,14H2,(H,27,28). The quantitative estimate of drug-likeness (QED) is 0.286. The van der Waals surface area contributed by atoms with Crippen LogP contribution in [0, 0.1) is 0 Å². The first-order chi connectivity index (χ1) is 15.7. The highest BCUT2D eigenvalue weighted by molar-refractivity contribution is 7.19. The Hall–Kier alpha value is -3.19. The van der Waals surface area contributed by atoms with Crippen LogP contribution in [0.4, 0.5) is 5.13 Å². The van der Waals surface area contributed by atoms with Crippen molar-refractivity contribution in [2.75, 3.05) is 5.32 Å². The minimum Gasteiger partial charge on any atom is -0.356 e. The summed E-state index contributed by atoms with van der Waals surface area (Å²) in [6, 6.07) is 25.5. The van der Waals surface area contributed by atoms with Crippen molar-refractivity contribution in [1.29, 1.82) is 0 Å². The summed E-state index contributed by atoms with van der Waals surface area (Å²) in [6.45, 7) is 0.509. The van der Waals surface area contributed by atoms with E-state index in [1.54, 1.807) is 16.0 Å². The smallest absolute Gasteiger partial charge is 0.184 e. The number of anilines is 1. The van der Waals surface area contributed by atoms with Crippen molar-refractivity contribution in [1.82, 2.24) is 20.0 Å². The molecule has 0 fully saturated rings. The molecule has 2 aromatic heterocycles. The van der Waals surface area contributed by atoms with Gasteiger partial charge in [0.25, 0.3) is 0 Å². The van der Waals surface area contributed by atoms with Crippen LogP contribution in [0.25, 0.3) is 27.4 Å². The summed E-state index contributed by atoms with van der Waals surface area (Å²) in [4.78, 5) is 5.97. The molecular formula is C24H17Cl2N5S. The highest BCUT2D eigenvalue weighted by Crippen LogP contribution is 2.39. The number of halogens is 2. The summed E-state index contributed by atoms with van der Waals surface area (Å²) in [5.74, 6) is 0. The van der Waals surface area contributed by atoms with Crippen LogP contribution in [-0.4, -0.2) is 20.0 Å². The summed E-state index contributed by atoms with van der Waals surface area (Å²) in [6.07, 6.45) is 1.89. The van der Waals surface area contributed by atoms with Gasteiger partial charge in [0.1, 0.15) is 5.69 Å². The van der Waals surface area contributed by atoms with Gasteiger partial charge in [0.2, 0.25) is 0 Å². The van der Waals surface area contributed by atoms with Gasteiger partial charge in [-0.25, -0.2) is 9.67 Å². The van der Waals surface area contributed by atoms with Crippen LogP contribution in [0.3, 0.4) is 0 Å². The predicted octanol–water partition coefficient (Wildman–Crippen LogP) is 6.98. The van der Waals surface area contributed by atoms with Crippen molar-refractivity contribution >= 4 is 39.7 Å². The SMILES string of the molecule is Clc1ccc(-c2nc(NCc3cn(-c4ccc(Cl)cc4)nn3)sc2-c2ccccc2)cc1. The third-order valence-electron chi connectivity index (χ3n) is 4.83. The van der Waals surface area contributed by atoms with Gasteiger partial charge in [-0.1, -0.05) is 82.2 Å². The maximum atomic E-state index is 6.08. The summed E-state index contributed by atoms with van der Waals surface area (Å²) in [7, 11) is 0. The molecule has 0 radical (unpaired) electrons. The van der Waals surface area contributed by atoms with Crippen molar-refractivity contribution in [2.45, 2.75) is 6.54 Å². The average molecular weight is 478 g/mol. The molecule has 0 spiro atoms. The molecule has 0 aliphatic carbocycles. The first-order valence-electron chi connectivity index (χ1n) is 9.89. The third-order valence-corrected chi connectivity index (χ3v) is 6.40. The molecule has 8 heteroatoms. The average Bonchev–Trinajstić information content (AvgIpc) is 3.47. The number of hydrogen-bond donors (Lipinski definition) is 1. The Balaban J connectivity index is 1.40. The van der Waals surface area contributed by atoms with Gasteiger partial charge in [-0.3, -0.25) is 0 Å². The molecule has 0 aliphatic rings. The van der Waals surface area contributed by atoms with Gasteiger partial charge in [0.05, 0.1) is 29.0 Å². The zero-order chi connectivity index (χ0) is 21.9. The molecule has 0 atom stereocenters. The van der Waals surface area contributed by atoms with Crippen molar-refractivity contribution in [3.05, 3.63) is 101 Å². The zero-order valence-electron chi connectivity index (χ0n) is 16.7. The van der Waals surface area contributed by atoms with Crippen LogP contribution < -0.4 is 5.32 Å². The highest BCUT2D eigenvalue weighted by Gasteiger charge is 2.15. The van der Waals surface area contributed by atoms with E-state index in [1.807, 2.05) is 72.9 Å². The van der Waals surface area contributed by atoms with Crippen LogP contribution in [0.2, 0.25) is 10.0 Å². The Morgan fingerprint density at radius 1 is 0.812 bits per heavy atom. The summed E-state index contributed by atoms with van der Waals surface area (Å²) in [5.41, 5.74) is 4.77. The van der Waals surface area contributed by atoms with E-state index in [-0.39, 0.29) is 0 Å². The van der Waals surface area contributed by atoms with Gasteiger partial charge >= 0.3 is 0 Å². The Morgan fingerprint density at radius 3 is 2.22 bits per heavy atom. The minimum atomic E-state index is 0.509. The van der Waals surface area contributed by atoms with Crippen LogP contribution in [0.1, 0.15) is 5.69 Å². The lowest BCUT2D eigenvalue weighted by Crippen LogP contribution is -1.99. The molecule has 5 nitrogen and oxygen atoms in total. The lowest BCUT2D eigenvalue weighted by Gasteiger charge is -2.02. The van der Waals surface area contributed by atoms with Crippen molar-refractivity contribution in [3.63, 3.8) is 0 Å². The molecule has 1 N–H and O–H groups in total. The van der Waals surface area contributed by atoms with E-state index in [2.05, 4.69) is 27.8 Å². The maximum Gasteiger partial charge on any atom is 0.184 e. The zero-order valence-corrected chi connectivity index (χ0v) is 19.1. The van der Waals surface area contributed by atoms with Gasteiger partial charge in [0.15, 0.2) is 5.13 Å². The fourth-order valence-electron chi connectivity index (χ4n) is 3.25. The molecule has 0 amide bonds. The van der Waals surface area contributed by atoms with Crippen LogP contribution in [0.5, 0.6) is 0 Å². The number of thiazole rings is 1. The molecule has 2 heterocycles. The van der Waals surface area contributed by atoms with Crippen molar-refractivity contribution < 1.29 is 0 Å². The fraction of sp³-hybridized carbons (Fsp3) is 0.0417. The monoisotopic (exact) mass is 477 g/mol. The predicted molar refractivity (Wildman–Crippen MR) is 132 cm³/mol. The van der Waals surface area contributed by atoms with Gasteiger partial charge in [0, 0.05) is 15.6 Å². The second-order valence-corrected chi connectivity index (χ2v) is 8.93. The lowest BCUT2D eigenvalue weighted by molar-refractivity contribution is 0.798. The molecule has 158 valence electrons. The van der Waals surface area contributed by atoms with E-state index < -0.39 is 0 Å². The molecule has 5 rings (SSSR count). The Morgan fingerprint density at radius 2 is 1.50 bits per heavy atom. The van der Waals surface area contributed by atoms with Gasteiger partial charge in [-0.2, -0.15) is 0 Å². The topological polar surface area (TPSA) is 55.6 Å². The molecular weight excluding hydrogens is 461 g/mol. The Kier molecular flexibility index (Phi) is 5.90. The summed E-state index contributed by atoms with van der Waals surface area (Å²) >= 11 is 13.7. The number of nitrogens with one attached hydrogen (secondary N) is 1. The number of aromatic nitrogens is 4. The minimum absolute atomic E-state index is 0.509. The van der Waals surface area contributed by atoms with Crippen molar-refractivity contribution in [2.24, 2.45) is 0 Å². The molecule has 0 saturated carbocycles. The van der Waals surface area contributed by atoms with Gasteiger partial charge in [-0.15, -0.1) is 5.10 Å². The molecule has 3 aromatic carbocycles. The first kappa shape index (κ1) is 20.7. The molecule has 0 unspecified atom stereocenters. The van der Waals surface area contributed by atoms with E-state index in [0.717, 1.165) is 38.2 Å². The fourth-order valence-corrected chi connectivity index (χ4v) is 4.49. The lowest BCUT2D eigenvalue weighted by atomic mass is 10.1. The van der Waals surface area contributed by atoms with E-state index in [1.165, 1.54) is 0 Å². The molecule has 32 heavy (non-hydrogen) atoms. The van der Waals surface area contributed by atoms with E-state index in [0.29, 0.717) is 16.6 Å². The van der Waals surface area contributed by atoms with Crippen LogP contribution >= 0.6 is 34.5 Å². The molecule has 0 saturated heterocycles. The van der Waals surface area contributed by atoms with Crippen molar-refractivity contribution in [3.8, 4) is 27.4 Å². The normalized spacial score (nSPS) is 10.9. The van der Waals surface area contributed by atoms with E-state index in [9.17, 15) is 0 Å². The Bertz CT molecular complexity index is 1330. The second-order valence-electron chi connectivity index (χ2n) is 7.05. The van der Waals surface area contributed by atoms with Gasteiger partial charge < -0.3 is 5.32 Å². The number of rotatable bonds is 6. The van der Waals surface area contributed by atoms with Crippen LogP contribution in [0.15, 0.2) is 85.1 Å². The van der Waals surface area contributed by atoms with Crippen LogP contribution in [-0.2, 0) is 6.54 Å². The molecule has 0 aliphatic heterocycles. The van der Waals surface area contributed by atoms with E-state index in [4.69, 9.17) is 28.2 Å². The molecule has 0 bridgehead atoms. The maximum absolute atomic E-state index is 6.08. The number of hydrogen-bond acceptors (Lipinski definition) is 5. The Labute approximate surface area is 199 Å². The second kappa shape index (κ2) is 9.12. The number of benzene rings is 3. The first-order valence-corrected chi connectivity index (χ1v) is 11.5. The van der Waals surface area contributed by atoms with Gasteiger partial charge in [-0.05, 0) is 42.0 Å². The van der Waals surface area contributed by atoms with E-state index >= 15 is 0 Å².